The summed E-state index contributed by atoms with van der Waals surface area (Å²) in [5.74, 6) is 0.0373. The molecule has 0 aliphatic carbocycles. The lowest BCUT2D eigenvalue weighted by Gasteiger charge is -2.34. The molecule has 3 aromatic rings. The van der Waals surface area contributed by atoms with Gasteiger partial charge in [0, 0.05) is 42.5 Å². The first kappa shape index (κ1) is 24.1. The Hall–Kier alpha value is -3.08. The van der Waals surface area contributed by atoms with Crippen molar-refractivity contribution < 1.29 is 22.7 Å². The largest absolute Gasteiger partial charge is 0.444 e. The molecule has 8 nitrogen and oxygen atoms in total. The summed E-state index contributed by atoms with van der Waals surface area (Å²) in [6.07, 6.45) is -1.50. The summed E-state index contributed by atoms with van der Waals surface area (Å²) in [7, 11) is 0. The van der Waals surface area contributed by atoms with E-state index in [2.05, 4.69) is 25.3 Å². The van der Waals surface area contributed by atoms with Crippen LogP contribution in [0.5, 0.6) is 0 Å². The Morgan fingerprint density at radius 1 is 1.26 bits per heavy atom. The van der Waals surface area contributed by atoms with Crippen molar-refractivity contribution in [3.63, 3.8) is 0 Å². The normalized spacial score (nSPS) is 17.1. The Balaban J connectivity index is 1.62. The highest BCUT2D eigenvalue weighted by molar-refractivity contribution is 6.29. The molecule has 182 valence electrons. The van der Waals surface area contributed by atoms with E-state index in [1.54, 1.807) is 31.7 Å². The van der Waals surface area contributed by atoms with Crippen molar-refractivity contribution in [2.75, 3.05) is 18.4 Å². The van der Waals surface area contributed by atoms with Gasteiger partial charge in [0.15, 0.2) is 0 Å². The summed E-state index contributed by atoms with van der Waals surface area (Å²) in [6, 6.07) is 2.85. The maximum atomic E-state index is 13.8. The molecule has 1 saturated heterocycles. The number of halogens is 4. The summed E-state index contributed by atoms with van der Waals surface area (Å²) in [4.78, 5) is 29.1. The Kier molecular flexibility index (Phi) is 6.32. The SMILES string of the molecule is CC(C)(C)OC(=O)N1CCC[C@H](Nc2ncc(C(F)(F)F)c(-c3c[nH]c4nc(Cl)ccc34)n2)C1. The van der Waals surface area contributed by atoms with Crippen molar-refractivity contribution in [2.24, 2.45) is 0 Å². The van der Waals surface area contributed by atoms with Crippen LogP contribution in [-0.2, 0) is 10.9 Å². The number of fused-ring (bicyclic) bond motifs is 1. The summed E-state index contributed by atoms with van der Waals surface area (Å²) in [6.45, 7) is 6.23. The number of nitrogens with one attached hydrogen (secondary N) is 2. The minimum Gasteiger partial charge on any atom is -0.444 e. The number of carbonyl (C=O) groups excluding carboxylic acids is 1. The van der Waals surface area contributed by atoms with Crippen molar-refractivity contribution in [3.05, 3.63) is 35.2 Å². The van der Waals surface area contributed by atoms with Crippen LogP contribution >= 0.6 is 11.6 Å². The minimum absolute atomic E-state index is 0.0373. The van der Waals surface area contributed by atoms with Gasteiger partial charge in [0.2, 0.25) is 5.95 Å². The highest BCUT2D eigenvalue weighted by atomic mass is 35.5. The van der Waals surface area contributed by atoms with Gasteiger partial charge in [-0.05, 0) is 45.7 Å². The molecular formula is C22H24ClF3N6O2. The van der Waals surface area contributed by atoms with Crippen LogP contribution in [0.3, 0.4) is 0 Å². The number of nitrogens with zero attached hydrogens (tertiary/aromatic N) is 4. The maximum absolute atomic E-state index is 13.8. The highest BCUT2D eigenvalue weighted by Crippen LogP contribution is 2.38. The minimum atomic E-state index is -4.66. The topological polar surface area (TPSA) is 96.0 Å². The van der Waals surface area contributed by atoms with Gasteiger partial charge in [-0.25, -0.2) is 19.7 Å². The summed E-state index contributed by atoms with van der Waals surface area (Å²) in [5.41, 5.74) is -1.28. The van der Waals surface area contributed by atoms with Gasteiger partial charge in [0.05, 0.1) is 5.69 Å². The lowest BCUT2D eigenvalue weighted by Crippen LogP contribution is -2.47. The zero-order chi connectivity index (χ0) is 24.7. The van der Waals surface area contributed by atoms with Crippen LogP contribution in [0, 0.1) is 0 Å². The number of likely N-dealkylation sites (tertiary alicyclic amines) is 1. The number of amides is 1. The number of H-pyrrole nitrogens is 1. The van der Waals surface area contributed by atoms with Gasteiger partial charge in [-0.2, -0.15) is 13.2 Å². The predicted molar refractivity (Wildman–Crippen MR) is 122 cm³/mol. The van der Waals surface area contributed by atoms with E-state index in [1.165, 1.54) is 12.3 Å². The van der Waals surface area contributed by atoms with Crippen LogP contribution in [0.4, 0.5) is 23.9 Å². The zero-order valence-electron chi connectivity index (χ0n) is 18.8. The summed E-state index contributed by atoms with van der Waals surface area (Å²) >= 11 is 5.90. The molecule has 2 N–H and O–H groups in total. The van der Waals surface area contributed by atoms with Gasteiger partial charge >= 0.3 is 12.3 Å². The number of alkyl halides is 3. The van der Waals surface area contributed by atoms with Crippen LogP contribution in [0.25, 0.3) is 22.3 Å². The molecule has 0 aromatic carbocycles. The molecule has 3 aromatic heterocycles. The van der Waals surface area contributed by atoms with E-state index < -0.39 is 23.4 Å². The smallest absolute Gasteiger partial charge is 0.419 e. The molecule has 0 spiro atoms. The Bertz CT molecular complexity index is 1210. The second kappa shape index (κ2) is 8.94. The van der Waals surface area contributed by atoms with Crippen LogP contribution in [0.1, 0.15) is 39.2 Å². The quantitative estimate of drug-likeness (QED) is 0.465. The number of carbonyl (C=O) groups is 1. The Morgan fingerprint density at radius 2 is 2.03 bits per heavy atom. The molecule has 1 aliphatic rings. The van der Waals surface area contributed by atoms with E-state index >= 15 is 0 Å². The molecular weight excluding hydrogens is 473 g/mol. The Labute approximate surface area is 198 Å². The van der Waals surface area contributed by atoms with Crippen LogP contribution < -0.4 is 5.32 Å². The molecule has 12 heteroatoms. The number of hydrogen-bond acceptors (Lipinski definition) is 6. The molecule has 1 fully saturated rings. The molecule has 34 heavy (non-hydrogen) atoms. The average molecular weight is 497 g/mol. The van der Waals surface area contributed by atoms with Crippen molar-refractivity contribution in [2.45, 2.75) is 51.4 Å². The van der Waals surface area contributed by atoms with Gasteiger partial charge in [-0.3, -0.25) is 0 Å². The predicted octanol–water partition coefficient (Wildman–Crippen LogP) is 5.50. The monoisotopic (exact) mass is 496 g/mol. The van der Waals surface area contributed by atoms with Crippen LogP contribution in [0.2, 0.25) is 5.15 Å². The third-order valence-electron chi connectivity index (χ3n) is 5.26. The number of aromatic nitrogens is 4. The lowest BCUT2D eigenvalue weighted by molar-refractivity contribution is -0.137. The second-order valence-electron chi connectivity index (χ2n) is 9.10. The molecule has 1 amide bonds. The molecule has 1 atom stereocenters. The van der Waals surface area contributed by atoms with Gasteiger partial charge in [-0.15, -0.1) is 0 Å². The summed E-state index contributed by atoms with van der Waals surface area (Å²) < 4.78 is 46.7. The molecule has 4 heterocycles. The molecule has 4 rings (SSSR count). The first-order valence-corrected chi connectivity index (χ1v) is 11.1. The number of ether oxygens (including phenoxy) is 1. The van der Waals surface area contributed by atoms with E-state index in [1.807, 2.05) is 0 Å². The Morgan fingerprint density at radius 3 is 2.74 bits per heavy atom. The third-order valence-corrected chi connectivity index (χ3v) is 5.47. The van der Waals surface area contributed by atoms with Gasteiger partial charge < -0.3 is 19.9 Å². The van der Waals surface area contributed by atoms with E-state index in [-0.39, 0.29) is 28.4 Å². The van der Waals surface area contributed by atoms with Crippen molar-refractivity contribution >= 4 is 34.7 Å². The van der Waals surface area contributed by atoms with Crippen molar-refractivity contribution in [3.8, 4) is 11.3 Å². The third kappa shape index (κ3) is 5.35. The fourth-order valence-corrected chi connectivity index (χ4v) is 3.96. The van der Waals surface area contributed by atoms with Crippen LogP contribution in [0.15, 0.2) is 24.5 Å². The number of piperidine rings is 1. The van der Waals surface area contributed by atoms with Gasteiger partial charge in [0.25, 0.3) is 0 Å². The number of aromatic amines is 1. The van der Waals surface area contributed by atoms with Crippen molar-refractivity contribution in [1.82, 2.24) is 24.8 Å². The van der Waals surface area contributed by atoms with Crippen molar-refractivity contribution in [1.29, 1.82) is 0 Å². The second-order valence-corrected chi connectivity index (χ2v) is 9.48. The number of hydrogen-bond donors (Lipinski definition) is 2. The molecule has 0 saturated carbocycles. The van der Waals surface area contributed by atoms with Gasteiger partial charge in [-0.1, -0.05) is 11.6 Å². The first-order valence-electron chi connectivity index (χ1n) is 10.7. The lowest BCUT2D eigenvalue weighted by atomic mass is 10.1. The fraction of sp³-hybridized carbons (Fsp3) is 0.455. The molecule has 1 aliphatic heterocycles. The van der Waals surface area contributed by atoms with E-state index in [4.69, 9.17) is 16.3 Å². The maximum Gasteiger partial charge on any atom is 0.419 e. The molecule has 0 unspecified atom stereocenters. The fourth-order valence-electron chi connectivity index (χ4n) is 3.81. The first-order chi connectivity index (χ1) is 15.9. The molecule has 0 bridgehead atoms. The standard InChI is InChI=1S/C22H24ClF3N6O2/c1-21(2,3)34-20(33)32-8-4-5-12(11-32)29-19-28-10-15(22(24,25)26)17(31-19)14-9-27-18-13(14)6-7-16(23)30-18/h6-7,9-10,12H,4-5,8,11H2,1-3H3,(H,27,30)(H,28,29,31)/t12-/m0/s1. The number of rotatable bonds is 3. The van der Waals surface area contributed by atoms with Gasteiger partial charge in [0.1, 0.15) is 22.0 Å². The molecule has 0 radical (unpaired) electrons. The van der Waals surface area contributed by atoms with E-state index in [0.29, 0.717) is 37.0 Å². The number of pyridine rings is 1. The highest BCUT2D eigenvalue weighted by Gasteiger charge is 2.36. The van der Waals surface area contributed by atoms with E-state index in [0.717, 1.165) is 6.20 Å². The summed E-state index contributed by atoms with van der Waals surface area (Å²) in [5, 5.41) is 3.75. The number of anilines is 1. The van der Waals surface area contributed by atoms with E-state index in [9.17, 15) is 18.0 Å². The zero-order valence-corrected chi connectivity index (χ0v) is 19.6. The average Bonchev–Trinajstić information content (AvgIpc) is 3.15. The van der Waals surface area contributed by atoms with Crippen LogP contribution in [-0.4, -0.2) is 55.7 Å².